The van der Waals surface area contributed by atoms with Crippen LogP contribution in [0.25, 0.3) is 0 Å². The third-order valence-corrected chi connectivity index (χ3v) is 3.01. The summed E-state index contributed by atoms with van der Waals surface area (Å²) in [6, 6.07) is 5.09. The van der Waals surface area contributed by atoms with E-state index in [1.165, 1.54) is 0 Å². The van der Waals surface area contributed by atoms with Crippen molar-refractivity contribution >= 4 is 11.6 Å². The second kappa shape index (κ2) is 7.10. The highest BCUT2D eigenvalue weighted by Gasteiger charge is 2.17. The van der Waals surface area contributed by atoms with Gasteiger partial charge in [0.05, 0.1) is 19.8 Å². The quantitative estimate of drug-likeness (QED) is 0.406. The van der Waals surface area contributed by atoms with Gasteiger partial charge in [0.15, 0.2) is 6.54 Å². The van der Waals surface area contributed by atoms with E-state index in [2.05, 4.69) is 0 Å². The molecule has 0 aliphatic rings. The Balaban J connectivity index is 0.00000220. The fraction of sp³-hybridized carbons (Fsp3) is 0.286. The average molecular weight is 312 g/mol. The molecule has 0 aliphatic carbocycles. The first kappa shape index (κ1) is 17.0. The van der Waals surface area contributed by atoms with Crippen molar-refractivity contribution in [3.63, 3.8) is 0 Å². The number of carbonyl (C=O) groups excluding carboxylic acids is 1. The second-order valence-electron chi connectivity index (χ2n) is 4.61. The van der Waals surface area contributed by atoms with Gasteiger partial charge in [0, 0.05) is 6.07 Å². The van der Waals surface area contributed by atoms with E-state index in [-0.39, 0.29) is 19.0 Å². The molecule has 0 radical (unpaired) electrons. The Morgan fingerprint density at radius 3 is 2.76 bits per heavy atom. The number of aryl methyl sites for hydroxylation is 2. The fourth-order valence-corrected chi connectivity index (χ4v) is 1.90. The van der Waals surface area contributed by atoms with Crippen molar-refractivity contribution < 1.29 is 31.7 Å². The molecule has 1 amide bonds. The number of nitrogens with zero attached hydrogens (tertiary/aromatic N) is 3. The number of hydrogen-bond acceptors (Lipinski definition) is 3. The van der Waals surface area contributed by atoms with E-state index in [1.54, 1.807) is 42.4 Å². The van der Waals surface area contributed by atoms with Gasteiger partial charge in [-0.1, -0.05) is 6.07 Å². The summed E-state index contributed by atoms with van der Waals surface area (Å²) >= 11 is 0. The van der Waals surface area contributed by atoms with Crippen molar-refractivity contribution in [3.05, 3.63) is 42.5 Å². The molecular weight excluding hydrogens is 294 g/mol. The molecule has 1 aromatic heterocycles. The molecule has 0 saturated heterocycles. The van der Waals surface area contributed by atoms with Gasteiger partial charge in [0.25, 0.3) is 5.91 Å². The van der Waals surface area contributed by atoms with Crippen LogP contribution in [0.15, 0.2) is 36.9 Å². The summed E-state index contributed by atoms with van der Waals surface area (Å²) in [5.74, 6) is 0.203. The van der Waals surface area contributed by atoms with Gasteiger partial charge in [-0.15, -0.1) is 0 Å². The molecule has 2 aromatic rings. The van der Waals surface area contributed by atoms with Crippen LogP contribution in [0.4, 0.5) is 5.69 Å². The van der Waals surface area contributed by atoms with Gasteiger partial charge in [-0.3, -0.25) is 10.0 Å². The molecule has 0 fully saturated rings. The van der Waals surface area contributed by atoms with Crippen LogP contribution in [0.5, 0.6) is 5.75 Å². The van der Waals surface area contributed by atoms with Gasteiger partial charge in [-0.05, 0) is 18.6 Å². The molecule has 0 unspecified atom stereocenters. The number of ether oxygens (including phenoxy) is 1. The lowest BCUT2D eigenvalue weighted by Gasteiger charge is -2.15. The number of carbonyl (C=O) groups is 1. The zero-order chi connectivity index (χ0) is 14.7. The Bertz CT molecular complexity index is 628. The molecule has 0 aliphatic heterocycles. The Labute approximate surface area is 129 Å². The molecule has 2 rings (SSSR count). The molecule has 0 atom stereocenters. The zero-order valence-electron chi connectivity index (χ0n) is 12.2. The van der Waals surface area contributed by atoms with Crippen LogP contribution in [0, 0.1) is 6.92 Å². The summed E-state index contributed by atoms with van der Waals surface area (Å²) in [6.07, 6.45) is 5.35. The summed E-state index contributed by atoms with van der Waals surface area (Å²) in [4.78, 5) is 12.0. The highest BCUT2D eigenvalue weighted by molar-refractivity contribution is 5.91. The predicted octanol–water partition coefficient (Wildman–Crippen LogP) is -1.94. The first-order chi connectivity index (χ1) is 9.51. The maximum absolute atomic E-state index is 12.0. The second-order valence-corrected chi connectivity index (χ2v) is 4.61. The third-order valence-electron chi connectivity index (χ3n) is 3.01. The Morgan fingerprint density at radius 1 is 1.48 bits per heavy atom. The topological polar surface area (TPSA) is 58.6 Å². The number of aromatic nitrogens is 2. The van der Waals surface area contributed by atoms with E-state index in [0.717, 1.165) is 5.56 Å². The summed E-state index contributed by atoms with van der Waals surface area (Å²) in [5.41, 5.74) is 1.32. The largest absolute Gasteiger partial charge is 1.00 e. The van der Waals surface area contributed by atoms with Gasteiger partial charge < -0.3 is 17.1 Å². The number of methoxy groups -OCH3 is 1. The maximum Gasteiger partial charge on any atom is 0.292 e. The molecular formula is C14H18ClN3O3. The van der Waals surface area contributed by atoms with E-state index >= 15 is 0 Å². The van der Waals surface area contributed by atoms with Crippen LogP contribution in [0.2, 0.25) is 0 Å². The maximum atomic E-state index is 12.0. The molecule has 7 heteroatoms. The first-order valence-electron chi connectivity index (χ1n) is 6.18. The Morgan fingerprint density at radius 2 is 2.19 bits per heavy atom. The zero-order valence-corrected chi connectivity index (χ0v) is 12.9. The smallest absolute Gasteiger partial charge is 0.292 e. The molecule has 0 spiro atoms. The molecule has 21 heavy (non-hydrogen) atoms. The van der Waals surface area contributed by atoms with Crippen LogP contribution >= 0.6 is 0 Å². The standard InChI is InChI=1S/C14H18N3O3.ClH/c1-11-4-5-12(8-13(11)20-3)17(19)14(18)9-16-7-6-15(2)10-16;/h4-8,10,19H,9H2,1-3H3;1H/q+1;/p-1. The normalized spacial score (nSPS) is 9.90. The first-order valence-corrected chi connectivity index (χ1v) is 6.18. The van der Waals surface area contributed by atoms with Crippen LogP contribution in [0.3, 0.4) is 0 Å². The minimum absolute atomic E-state index is 0. The summed E-state index contributed by atoms with van der Waals surface area (Å²) in [5, 5.41) is 10.6. The highest BCUT2D eigenvalue weighted by Crippen LogP contribution is 2.24. The molecule has 1 N–H and O–H groups in total. The number of benzene rings is 1. The number of hydroxylamine groups is 1. The van der Waals surface area contributed by atoms with Crippen LogP contribution in [-0.4, -0.2) is 22.8 Å². The van der Waals surface area contributed by atoms with Gasteiger partial charge in [-0.25, -0.2) is 9.13 Å². The highest BCUT2D eigenvalue weighted by atomic mass is 35.5. The van der Waals surface area contributed by atoms with E-state index in [4.69, 9.17) is 4.74 Å². The number of halogens is 1. The van der Waals surface area contributed by atoms with Crippen LogP contribution < -0.4 is 26.8 Å². The fourth-order valence-electron chi connectivity index (χ4n) is 1.90. The lowest BCUT2D eigenvalue weighted by molar-refractivity contribution is -0.671. The van der Waals surface area contributed by atoms with E-state index in [9.17, 15) is 10.0 Å². The molecule has 1 heterocycles. The minimum Gasteiger partial charge on any atom is -1.00 e. The molecule has 0 bridgehead atoms. The lowest BCUT2D eigenvalue weighted by atomic mass is 10.2. The lowest BCUT2D eigenvalue weighted by Crippen LogP contribution is -3.00. The SMILES string of the molecule is COc1cc(N(O)C(=O)Cn2cc[n+](C)c2)ccc1C.[Cl-]. The summed E-state index contributed by atoms with van der Waals surface area (Å²) < 4.78 is 8.69. The van der Waals surface area contributed by atoms with Crippen molar-refractivity contribution in [3.8, 4) is 5.75 Å². The van der Waals surface area contributed by atoms with Gasteiger partial charge in [-0.2, -0.15) is 5.06 Å². The summed E-state index contributed by atoms with van der Waals surface area (Å²) in [6.45, 7) is 1.96. The molecule has 0 saturated carbocycles. The number of hydrogen-bond donors (Lipinski definition) is 1. The number of rotatable bonds is 4. The van der Waals surface area contributed by atoms with E-state index in [0.29, 0.717) is 16.5 Å². The monoisotopic (exact) mass is 311 g/mol. The number of imidazole rings is 1. The molecule has 1 aromatic carbocycles. The van der Waals surface area contributed by atoms with Gasteiger partial charge >= 0.3 is 0 Å². The predicted molar refractivity (Wildman–Crippen MR) is 72.6 cm³/mol. The van der Waals surface area contributed by atoms with Crippen molar-refractivity contribution in [2.75, 3.05) is 12.2 Å². The summed E-state index contributed by atoms with van der Waals surface area (Å²) in [7, 11) is 3.41. The van der Waals surface area contributed by atoms with Crippen molar-refractivity contribution in [1.29, 1.82) is 0 Å². The van der Waals surface area contributed by atoms with E-state index < -0.39 is 5.91 Å². The number of amides is 1. The average Bonchev–Trinajstić information content (AvgIpc) is 2.83. The van der Waals surface area contributed by atoms with Crippen LogP contribution in [-0.2, 0) is 18.4 Å². The molecule has 6 nitrogen and oxygen atoms in total. The Hall–Kier alpha value is -2.05. The minimum atomic E-state index is -0.424. The van der Waals surface area contributed by atoms with Gasteiger partial charge in [0.1, 0.15) is 18.1 Å². The Kier molecular flexibility index (Phi) is 5.75. The number of anilines is 1. The van der Waals surface area contributed by atoms with Gasteiger partial charge in [0.2, 0.25) is 6.33 Å². The van der Waals surface area contributed by atoms with Crippen LogP contribution in [0.1, 0.15) is 5.56 Å². The third kappa shape index (κ3) is 3.96. The van der Waals surface area contributed by atoms with E-state index in [1.807, 2.05) is 24.7 Å². The van der Waals surface area contributed by atoms with Crippen molar-refractivity contribution in [2.24, 2.45) is 7.05 Å². The molecule has 114 valence electrons. The van der Waals surface area contributed by atoms with Crippen molar-refractivity contribution in [1.82, 2.24) is 4.57 Å². The van der Waals surface area contributed by atoms with Crippen molar-refractivity contribution in [2.45, 2.75) is 13.5 Å².